The van der Waals surface area contributed by atoms with E-state index in [0.717, 1.165) is 17.4 Å². The highest BCUT2D eigenvalue weighted by Crippen LogP contribution is 2.29. The molecule has 4 heteroatoms. The van der Waals surface area contributed by atoms with Crippen molar-refractivity contribution >= 4 is 15.9 Å². The molecule has 0 spiro atoms. The first kappa shape index (κ1) is 10.8. The molecule has 1 aromatic carbocycles. The number of phenolic OH excluding ortho intramolecular Hbond substituents is 1. The highest BCUT2D eigenvalue weighted by Gasteiger charge is 2.15. The Hall–Kier alpha value is -0.740. The van der Waals surface area contributed by atoms with Gasteiger partial charge in [0.25, 0.3) is 0 Å². The number of nitrogens with one attached hydrogen (secondary N) is 1. The van der Waals surface area contributed by atoms with Crippen molar-refractivity contribution in [2.45, 2.75) is 18.9 Å². The Morgan fingerprint density at radius 3 is 3.13 bits per heavy atom. The van der Waals surface area contributed by atoms with Crippen molar-refractivity contribution in [3.63, 3.8) is 0 Å². The molecule has 1 atom stereocenters. The first-order chi connectivity index (χ1) is 7.25. The first-order valence-electron chi connectivity index (χ1n) is 5.10. The first-order valence-corrected chi connectivity index (χ1v) is 5.90. The summed E-state index contributed by atoms with van der Waals surface area (Å²) in [7, 11) is 0. The van der Waals surface area contributed by atoms with E-state index in [1.165, 1.54) is 6.42 Å². The van der Waals surface area contributed by atoms with Gasteiger partial charge < -0.3 is 15.2 Å². The van der Waals surface area contributed by atoms with E-state index in [9.17, 15) is 5.11 Å². The molecule has 1 aliphatic rings. The number of phenols is 1. The maximum absolute atomic E-state index is 9.31. The highest BCUT2D eigenvalue weighted by molar-refractivity contribution is 9.10. The van der Waals surface area contributed by atoms with Crippen LogP contribution >= 0.6 is 15.9 Å². The minimum absolute atomic E-state index is 0.229. The van der Waals surface area contributed by atoms with Crippen LogP contribution in [0.1, 0.15) is 12.8 Å². The molecule has 82 valence electrons. The van der Waals surface area contributed by atoms with Crippen LogP contribution in [0.2, 0.25) is 0 Å². The van der Waals surface area contributed by atoms with Gasteiger partial charge in [-0.25, -0.2) is 0 Å². The Morgan fingerprint density at radius 1 is 1.53 bits per heavy atom. The van der Waals surface area contributed by atoms with Crippen molar-refractivity contribution in [3.05, 3.63) is 22.7 Å². The van der Waals surface area contributed by atoms with Crippen molar-refractivity contribution in [3.8, 4) is 11.5 Å². The van der Waals surface area contributed by atoms with E-state index in [2.05, 4.69) is 21.2 Å². The molecular weight excluding hydrogens is 258 g/mol. The number of halogens is 1. The predicted molar refractivity (Wildman–Crippen MR) is 62.3 cm³/mol. The Labute approximate surface area is 97.6 Å². The Kier molecular flexibility index (Phi) is 3.49. The normalized spacial score (nSPS) is 20.5. The molecule has 1 unspecified atom stereocenters. The van der Waals surface area contributed by atoms with Crippen LogP contribution in [0.25, 0.3) is 0 Å². The van der Waals surface area contributed by atoms with Crippen molar-refractivity contribution in [1.29, 1.82) is 0 Å². The van der Waals surface area contributed by atoms with Gasteiger partial charge in [-0.1, -0.05) is 0 Å². The van der Waals surface area contributed by atoms with Gasteiger partial charge in [-0.05, 0) is 47.4 Å². The Morgan fingerprint density at radius 2 is 2.40 bits per heavy atom. The van der Waals surface area contributed by atoms with Gasteiger partial charge in [-0.15, -0.1) is 0 Å². The number of hydrogen-bond acceptors (Lipinski definition) is 3. The number of benzene rings is 1. The average molecular weight is 272 g/mol. The standard InChI is InChI=1S/C11H14BrNO2/c12-10-4-3-9(14)6-11(10)15-7-8-2-1-5-13-8/h3-4,6,8,13-14H,1-2,5,7H2. The van der Waals surface area contributed by atoms with Crippen LogP contribution in [-0.2, 0) is 0 Å². The van der Waals surface area contributed by atoms with Gasteiger partial charge in [0.15, 0.2) is 0 Å². The molecule has 0 saturated carbocycles. The van der Waals surface area contributed by atoms with Gasteiger partial charge in [0.1, 0.15) is 18.1 Å². The molecule has 15 heavy (non-hydrogen) atoms. The van der Waals surface area contributed by atoms with Crippen LogP contribution in [0.4, 0.5) is 0 Å². The van der Waals surface area contributed by atoms with Gasteiger partial charge in [0, 0.05) is 12.1 Å². The summed E-state index contributed by atoms with van der Waals surface area (Å²) in [5, 5.41) is 12.7. The summed E-state index contributed by atoms with van der Waals surface area (Å²) >= 11 is 3.38. The van der Waals surface area contributed by atoms with Crippen LogP contribution in [-0.4, -0.2) is 24.3 Å². The second-order valence-corrected chi connectivity index (χ2v) is 4.57. The number of aromatic hydroxyl groups is 1. The minimum Gasteiger partial charge on any atom is -0.508 e. The van der Waals surface area contributed by atoms with Crippen molar-refractivity contribution in [2.24, 2.45) is 0 Å². The summed E-state index contributed by atoms with van der Waals surface area (Å²) in [5.41, 5.74) is 0. The monoisotopic (exact) mass is 271 g/mol. The number of ether oxygens (including phenoxy) is 1. The van der Waals surface area contributed by atoms with Crippen molar-refractivity contribution < 1.29 is 9.84 Å². The predicted octanol–water partition coefficient (Wildman–Crippen LogP) is 2.29. The second-order valence-electron chi connectivity index (χ2n) is 3.72. The smallest absolute Gasteiger partial charge is 0.137 e. The molecule has 1 heterocycles. The molecule has 1 saturated heterocycles. The molecule has 0 bridgehead atoms. The zero-order valence-electron chi connectivity index (χ0n) is 8.37. The van der Waals surface area contributed by atoms with E-state index >= 15 is 0 Å². The van der Waals surface area contributed by atoms with E-state index in [-0.39, 0.29) is 5.75 Å². The topological polar surface area (TPSA) is 41.5 Å². The summed E-state index contributed by atoms with van der Waals surface area (Å²) in [6.07, 6.45) is 2.38. The highest BCUT2D eigenvalue weighted by atomic mass is 79.9. The zero-order chi connectivity index (χ0) is 10.7. The van der Waals surface area contributed by atoms with Gasteiger partial charge in [0.2, 0.25) is 0 Å². The van der Waals surface area contributed by atoms with Crippen molar-refractivity contribution in [1.82, 2.24) is 5.32 Å². The zero-order valence-corrected chi connectivity index (χ0v) is 9.96. The molecule has 2 N–H and O–H groups in total. The molecule has 1 fully saturated rings. The fraction of sp³-hybridized carbons (Fsp3) is 0.455. The molecule has 3 nitrogen and oxygen atoms in total. The molecule has 1 aliphatic heterocycles. The van der Waals surface area contributed by atoms with Crippen LogP contribution in [0.3, 0.4) is 0 Å². The lowest BCUT2D eigenvalue weighted by molar-refractivity contribution is 0.274. The van der Waals surface area contributed by atoms with Crippen LogP contribution < -0.4 is 10.1 Å². The largest absolute Gasteiger partial charge is 0.508 e. The van der Waals surface area contributed by atoms with E-state index in [4.69, 9.17) is 4.74 Å². The lowest BCUT2D eigenvalue weighted by Gasteiger charge is -2.13. The van der Waals surface area contributed by atoms with Gasteiger partial charge in [-0.3, -0.25) is 0 Å². The van der Waals surface area contributed by atoms with Gasteiger partial charge >= 0.3 is 0 Å². The minimum atomic E-state index is 0.229. The molecule has 2 rings (SSSR count). The fourth-order valence-electron chi connectivity index (χ4n) is 1.69. The lowest BCUT2D eigenvalue weighted by Crippen LogP contribution is -2.28. The van der Waals surface area contributed by atoms with Crippen LogP contribution in [0.5, 0.6) is 11.5 Å². The summed E-state index contributed by atoms with van der Waals surface area (Å²) in [6.45, 7) is 1.73. The quantitative estimate of drug-likeness (QED) is 0.887. The Balaban J connectivity index is 1.94. The summed E-state index contributed by atoms with van der Waals surface area (Å²) in [5.74, 6) is 0.927. The van der Waals surface area contributed by atoms with E-state index in [1.807, 2.05) is 0 Å². The third-order valence-electron chi connectivity index (χ3n) is 2.52. The van der Waals surface area contributed by atoms with E-state index < -0.39 is 0 Å². The fourth-order valence-corrected chi connectivity index (χ4v) is 2.05. The SMILES string of the molecule is Oc1ccc(Br)c(OCC2CCCN2)c1. The lowest BCUT2D eigenvalue weighted by atomic mass is 10.2. The second kappa shape index (κ2) is 4.86. The number of rotatable bonds is 3. The third kappa shape index (κ3) is 2.86. The molecule has 0 radical (unpaired) electrons. The maximum Gasteiger partial charge on any atom is 0.137 e. The van der Waals surface area contributed by atoms with E-state index in [0.29, 0.717) is 18.4 Å². The van der Waals surface area contributed by atoms with Crippen LogP contribution in [0.15, 0.2) is 22.7 Å². The summed E-state index contributed by atoms with van der Waals surface area (Å²) < 4.78 is 6.51. The molecular formula is C11H14BrNO2. The Bertz CT molecular complexity index is 337. The van der Waals surface area contributed by atoms with Gasteiger partial charge in [-0.2, -0.15) is 0 Å². The maximum atomic E-state index is 9.31. The van der Waals surface area contributed by atoms with Gasteiger partial charge in [0.05, 0.1) is 4.47 Å². The number of hydrogen-bond donors (Lipinski definition) is 2. The summed E-state index contributed by atoms with van der Waals surface area (Å²) in [6, 6.07) is 5.48. The molecule has 0 amide bonds. The third-order valence-corrected chi connectivity index (χ3v) is 3.17. The summed E-state index contributed by atoms with van der Waals surface area (Å²) in [4.78, 5) is 0. The van der Waals surface area contributed by atoms with E-state index in [1.54, 1.807) is 18.2 Å². The van der Waals surface area contributed by atoms with Crippen LogP contribution in [0, 0.1) is 0 Å². The molecule has 0 aliphatic carbocycles. The average Bonchev–Trinajstić information content (AvgIpc) is 2.72. The molecule has 0 aromatic heterocycles. The van der Waals surface area contributed by atoms with Crippen molar-refractivity contribution in [2.75, 3.05) is 13.2 Å². The molecule has 1 aromatic rings.